The third-order valence-electron chi connectivity index (χ3n) is 3.30. The fourth-order valence-corrected chi connectivity index (χ4v) is 2.46. The molecule has 0 bridgehead atoms. The van der Waals surface area contributed by atoms with Crippen LogP contribution < -0.4 is 5.14 Å². The highest BCUT2D eigenvalue weighted by Gasteiger charge is 2.16. The maximum Gasteiger partial charge on any atom is 0.238 e. The SMILES string of the molecule is Cc1nnc(CN(C)C(C)c2ccc(S(N)(=O)=O)cc2)o1. The van der Waals surface area contributed by atoms with Crippen LogP contribution in [0.3, 0.4) is 0 Å². The molecule has 0 aliphatic carbocycles. The smallest absolute Gasteiger partial charge is 0.238 e. The normalized spacial score (nSPS) is 13.6. The van der Waals surface area contributed by atoms with E-state index in [1.54, 1.807) is 19.1 Å². The summed E-state index contributed by atoms with van der Waals surface area (Å²) in [6.07, 6.45) is 0. The van der Waals surface area contributed by atoms with Crippen LogP contribution in [0.5, 0.6) is 0 Å². The lowest BCUT2D eigenvalue weighted by Gasteiger charge is -2.23. The first-order valence-corrected chi connectivity index (χ1v) is 7.94. The van der Waals surface area contributed by atoms with Gasteiger partial charge < -0.3 is 4.42 Å². The van der Waals surface area contributed by atoms with E-state index in [0.29, 0.717) is 18.3 Å². The summed E-state index contributed by atoms with van der Waals surface area (Å²) >= 11 is 0. The quantitative estimate of drug-likeness (QED) is 0.890. The molecule has 0 aliphatic heterocycles. The summed E-state index contributed by atoms with van der Waals surface area (Å²) in [6.45, 7) is 4.26. The highest BCUT2D eigenvalue weighted by Crippen LogP contribution is 2.21. The van der Waals surface area contributed by atoms with Crippen LogP contribution in [0, 0.1) is 6.92 Å². The van der Waals surface area contributed by atoms with Gasteiger partial charge in [-0.15, -0.1) is 10.2 Å². The lowest BCUT2D eigenvalue weighted by molar-refractivity contribution is 0.226. The summed E-state index contributed by atoms with van der Waals surface area (Å²) in [6, 6.07) is 6.57. The second-order valence-corrected chi connectivity index (χ2v) is 6.48. The van der Waals surface area contributed by atoms with E-state index in [0.717, 1.165) is 5.56 Å². The number of sulfonamides is 1. The van der Waals surface area contributed by atoms with Gasteiger partial charge in [-0.05, 0) is 31.7 Å². The van der Waals surface area contributed by atoms with E-state index in [-0.39, 0.29) is 10.9 Å². The molecular formula is C13H18N4O3S. The Labute approximate surface area is 123 Å². The number of benzene rings is 1. The number of nitrogens with zero attached hydrogens (tertiary/aromatic N) is 3. The molecule has 0 amide bonds. The van der Waals surface area contributed by atoms with Gasteiger partial charge in [-0.2, -0.15) is 0 Å². The Kier molecular flexibility index (Phi) is 4.40. The van der Waals surface area contributed by atoms with Gasteiger partial charge in [0.25, 0.3) is 0 Å². The van der Waals surface area contributed by atoms with Gasteiger partial charge in [-0.1, -0.05) is 12.1 Å². The number of aryl methyl sites for hydroxylation is 1. The second kappa shape index (κ2) is 5.92. The first-order chi connectivity index (χ1) is 9.77. The fourth-order valence-electron chi connectivity index (χ4n) is 1.94. The summed E-state index contributed by atoms with van der Waals surface area (Å²) in [5, 5.41) is 12.8. The maximum absolute atomic E-state index is 11.2. The molecule has 1 heterocycles. The van der Waals surface area contributed by atoms with Crippen molar-refractivity contribution in [2.75, 3.05) is 7.05 Å². The zero-order valence-electron chi connectivity index (χ0n) is 12.1. The summed E-state index contributed by atoms with van der Waals surface area (Å²) < 4.78 is 27.8. The largest absolute Gasteiger partial charge is 0.424 e. The Morgan fingerprint density at radius 3 is 2.38 bits per heavy atom. The van der Waals surface area contributed by atoms with Gasteiger partial charge in [0.1, 0.15) is 0 Å². The lowest BCUT2D eigenvalue weighted by atomic mass is 10.1. The number of primary sulfonamides is 1. The Morgan fingerprint density at radius 1 is 1.29 bits per heavy atom. The molecule has 21 heavy (non-hydrogen) atoms. The number of hydrogen-bond donors (Lipinski definition) is 1. The molecule has 0 saturated carbocycles. The monoisotopic (exact) mass is 310 g/mol. The van der Waals surface area contributed by atoms with Crippen molar-refractivity contribution in [2.24, 2.45) is 5.14 Å². The average molecular weight is 310 g/mol. The second-order valence-electron chi connectivity index (χ2n) is 4.92. The van der Waals surface area contributed by atoms with Crippen molar-refractivity contribution in [2.45, 2.75) is 31.3 Å². The van der Waals surface area contributed by atoms with Gasteiger partial charge in [0.05, 0.1) is 11.4 Å². The Hall–Kier alpha value is -1.77. The number of hydrogen-bond acceptors (Lipinski definition) is 6. The van der Waals surface area contributed by atoms with Gasteiger partial charge in [-0.25, -0.2) is 13.6 Å². The molecule has 8 heteroatoms. The molecule has 2 N–H and O–H groups in total. The molecule has 1 aromatic carbocycles. The molecule has 2 rings (SSSR count). The van der Waals surface area contributed by atoms with E-state index >= 15 is 0 Å². The van der Waals surface area contributed by atoms with Crippen LogP contribution in [0.2, 0.25) is 0 Å². The molecular weight excluding hydrogens is 292 g/mol. The van der Waals surface area contributed by atoms with E-state index in [2.05, 4.69) is 10.2 Å². The van der Waals surface area contributed by atoms with Crippen molar-refractivity contribution in [3.63, 3.8) is 0 Å². The van der Waals surface area contributed by atoms with E-state index in [1.807, 2.05) is 18.9 Å². The zero-order chi connectivity index (χ0) is 15.6. The first-order valence-electron chi connectivity index (χ1n) is 6.39. The molecule has 0 radical (unpaired) electrons. The van der Waals surface area contributed by atoms with E-state index in [9.17, 15) is 8.42 Å². The minimum absolute atomic E-state index is 0.0618. The molecule has 7 nitrogen and oxygen atoms in total. The van der Waals surface area contributed by atoms with E-state index < -0.39 is 10.0 Å². The summed E-state index contributed by atoms with van der Waals surface area (Å²) in [4.78, 5) is 2.13. The Morgan fingerprint density at radius 2 is 1.90 bits per heavy atom. The van der Waals surface area contributed by atoms with Gasteiger partial charge >= 0.3 is 0 Å². The fraction of sp³-hybridized carbons (Fsp3) is 0.385. The Bertz CT molecular complexity index is 709. The number of nitrogens with two attached hydrogens (primary N) is 1. The van der Waals surface area contributed by atoms with Gasteiger partial charge in [-0.3, -0.25) is 4.90 Å². The third kappa shape index (κ3) is 3.87. The molecule has 1 aromatic heterocycles. The molecule has 0 spiro atoms. The van der Waals surface area contributed by atoms with Crippen molar-refractivity contribution < 1.29 is 12.8 Å². The van der Waals surface area contributed by atoms with Crippen molar-refractivity contribution in [1.82, 2.24) is 15.1 Å². The molecule has 0 fully saturated rings. The van der Waals surface area contributed by atoms with E-state index in [1.165, 1.54) is 12.1 Å². The van der Waals surface area contributed by atoms with Crippen LogP contribution in [0.4, 0.5) is 0 Å². The van der Waals surface area contributed by atoms with Gasteiger partial charge in [0.2, 0.25) is 21.8 Å². The highest BCUT2D eigenvalue weighted by atomic mass is 32.2. The highest BCUT2D eigenvalue weighted by molar-refractivity contribution is 7.89. The van der Waals surface area contributed by atoms with Crippen LogP contribution in [-0.2, 0) is 16.6 Å². The van der Waals surface area contributed by atoms with Crippen molar-refractivity contribution >= 4 is 10.0 Å². The minimum Gasteiger partial charge on any atom is -0.424 e. The van der Waals surface area contributed by atoms with Crippen LogP contribution in [-0.4, -0.2) is 30.6 Å². The van der Waals surface area contributed by atoms with Crippen LogP contribution in [0.25, 0.3) is 0 Å². The third-order valence-corrected chi connectivity index (χ3v) is 4.23. The van der Waals surface area contributed by atoms with Crippen molar-refractivity contribution in [1.29, 1.82) is 0 Å². The molecule has 1 unspecified atom stereocenters. The van der Waals surface area contributed by atoms with Crippen LogP contribution in [0.15, 0.2) is 33.6 Å². The molecule has 0 aliphatic rings. The van der Waals surface area contributed by atoms with Crippen molar-refractivity contribution in [3.05, 3.63) is 41.6 Å². The predicted octanol–water partition coefficient (Wildman–Crippen LogP) is 1.22. The van der Waals surface area contributed by atoms with Crippen LogP contribution in [0.1, 0.15) is 30.3 Å². The van der Waals surface area contributed by atoms with Gasteiger partial charge in [0, 0.05) is 13.0 Å². The molecule has 114 valence electrons. The lowest BCUT2D eigenvalue weighted by Crippen LogP contribution is -2.22. The average Bonchev–Trinajstić information content (AvgIpc) is 2.82. The standard InChI is InChI=1S/C13H18N4O3S/c1-9(17(3)8-13-16-15-10(2)20-13)11-4-6-12(7-5-11)21(14,18)19/h4-7,9H,8H2,1-3H3,(H2,14,18,19). The Balaban J connectivity index is 2.10. The number of rotatable bonds is 5. The van der Waals surface area contributed by atoms with Gasteiger partial charge in [0.15, 0.2) is 0 Å². The van der Waals surface area contributed by atoms with Crippen LogP contribution >= 0.6 is 0 Å². The zero-order valence-corrected chi connectivity index (χ0v) is 13.0. The maximum atomic E-state index is 11.2. The topological polar surface area (TPSA) is 102 Å². The minimum atomic E-state index is -3.66. The van der Waals surface area contributed by atoms with E-state index in [4.69, 9.17) is 9.56 Å². The summed E-state index contributed by atoms with van der Waals surface area (Å²) in [7, 11) is -1.73. The summed E-state index contributed by atoms with van der Waals surface area (Å²) in [5.41, 5.74) is 0.973. The number of aromatic nitrogens is 2. The first kappa shape index (κ1) is 15.6. The molecule has 2 aromatic rings. The molecule has 1 atom stereocenters. The summed E-state index contributed by atoms with van der Waals surface area (Å²) in [5.74, 6) is 1.08. The molecule has 0 saturated heterocycles. The predicted molar refractivity (Wildman–Crippen MR) is 76.7 cm³/mol. The van der Waals surface area contributed by atoms with Crippen molar-refractivity contribution in [3.8, 4) is 0 Å².